The van der Waals surface area contributed by atoms with Crippen molar-refractivity contribution in [3.8, 4) is 0 Å². The van der Waals surface area contributed by atoms with Gasteiger partial charge in [-0.15, -0.1) is 0 Å². The van der Waals surface area contributed by atoms with Gasteiger partial charge in [-0.2, -0.15) is 0 Å². The summed E-state index contributed by atoms with van der Waals surface area (Å²) in [6.07, 6.45) is -0.419. The molecule has 0 radical (unpaired) electrons. The summed E-state index contributed by atoms with van der Waals surface area (Å²) in [5.41, 5.74) is 1.97. The molecule has 0 aromatic carbocycles. The summed E-state index contributed by atoms with van der Waals surface area (Å²) in [4.78, 5) is 29.1. The first kappa shape index (κ1) is 18.5. The van der Waals surface area contributed by atoms with E-state index in [-0.39, 0.29) is 0 Å². The Morgan fingerprint density at radius 1 is 1.11 bits per heavy atom. The zero-order valence-electron chi connectivity index (χ0n) is 10.5. The molecule has 0 aliphatic heterocycles. The summed E-state index contributed by atoms with van der Waals surface area (Å²) in [5, 5.41) is 17.3. The Morgan fingerprint density at radius 3 is 1.83 bits per heavy atom. The van der Waals surface area contributed by atoms with Crippen LogP contribution < -0.4 is 16.6 Å². The van der Waals surface area contributed by atoms with Crippen LogP contribution in [0.1, 0.15) is 20.8 Å². The maximum atomic E-state index is 10.9. The van der Waals surface area contributed by atoms with Gasteiger partial charge in [0.15, 0.2) is 0 Å². The number of aliphatic carboxylic acids is 2. The minimum Gasteiger partial charge on any atom is -0.473 e. The molecule has 0 spiro atoms. The maximum absolute atomic E-state index is 10.9. The van der Waals surface area contributed by atoms with E-state index in [2.05, 4.69) is 10.7 Å². The van der Waals surface area contributed by atoms with Crippen LogP contribution in [0.3, 0.4) is 0 Å². The molecule has 0 saturated heterocycles. The lowest BCUT2D eigenvalue weighted by Gasteiger charge is -2.19. The van der Waals surface area contributed by atoms with E-state index in [9.17, 15) is 4.79 Å². The topological polar surface area (TPSA) is 151 Å². The summed E-state index contributed by atoms with van der Waals surface area (Å²) in [7, 11) is 0. The number of carbonyl (C=O) groups is 3. The lowest BCUT2D eigenvalue weighted by molar-refractivity contribution is -0.159. The Bertz CT molecular complexity index is 275. The van der Waals surface area contributed by atoms with E-state index < -0.39 is 23.6 Å². The van der Waals surface area contributed by atoms with Crippen LogP contribution in [0.25, 0.3) is 0 Å². The van der Waals surface area contributed by atoms with Gasteiger partial charge in [-0.25, -0.2) is 14.4 Å². The number of nitrogens with two attached hydrogens (primary N) is 1. The van der Waals surface area contributed by atoms with Crippen molar-refractivity contribution in [1.82, 2.24) is 10.7 Å². The molecule has 0 aromatic heterocycles. The van der Waals surface area contributed by atoms with Crippen molar-refractivity contribution in [2.24, 2.45) is 5.84 Å². The molecule has 0 aromatic rings. The molecule has 0 atom stereocenters. The Balaban J connectivity index is 0. The molecule has 6 N–H and O–H groups in total. The molecule has 18 heavy (non-hydrogen) atoms. The molecule has 0 bridgehead atoms. The predicted octanol–water partition coefficient (Wildman–Crippen LogP) is -0.870. The van der Waals surface area contributed by atoms with Crippen LogP contribution in [0.5, 0.6) is 0 Å². The zero-order chi connectivity index (χ0) is 14.8. The molecule has 0 aliphatic rings. The molecule has 0 aliphatic carbocycles. The van der Waals surface area contributed by atoms with Crippen LogP contribution in [-0.2, 0) is 14.3 Å². The van der Waals surface area contributed by atoms with E-state index in [1.165, 1.54) is 0 Å². The molecule has 0 rings (SSSR count). The van der Waals surface area contributed by atoms with Crippen LogP contribution in [0, 0.1) is 0 Å². The fraction of sp³-hybridized carbons (Fsp3) is 0.667. The Hall–Kier alpha value is -1.87. The molecule has 106 valence electrons. The van der Waals surface area contributed by atoms with Crippen molar-refractivity contribution in [3.05, 3.63) is 0 Å². The number of carboxylic acids is 2. The second-order valence-corrected chi connectivity index (χ2v) is 3.99. The monoisotopic (exact) mass is 265 g/mol. The number of carbonyl (C=O) groups excluding carboxylic acids is 1. The van der Waals surface area contributed by atoms with Crippen LogP contribution in [0.4, 0.5) is 4.79 Å². The minimum absolute atomic E-state index is 0.419. The number of carboxylic acid groups (broad SMARTS) is 2. The first-order chi connectivity index (χ1) is 8.10. The Morgan fingerprint density at radius 2 is 1.56 bits per heavy atom. The van der Waals surface area contributed by atoms with Gasteiger partial charge in [-0.3, -0.25) is 11.3 Å². The van der Waals surface area contributed by atoms with E-state index in [0.717, 1.165) is 0 Å². The number of ether oxygens (including phenoxy) is 1. The standard InChI is InChI=1S/C7H17N3O2.C2H2O4/c1-7(2,3)12-6(11)9-4-5-10-8;3-1(4)2(5)6/h10H,4-5,8H2,1-3H3,(H,9,11);(H,3,4)(H,5,6). The van der Waals surface area contributed by atoms with Crippen molar-refractivity contribution < 1.29 is 29.3 Å². The van der Waals surface area contributed by atoms with E-state index >= 15 is 0 Å². The van der Waals surface area contributed by atoms with Gasteiger partial charge in [0.25, 0.3) is 0 Å². The first-order valence-corrected chi connectivity index (χ1v) is 4.96. The van der Waals surface area contributed by atoms with Gasteiger partial charge in [0.1, 0.15) is 5.60 Å². The van der Waals surface area contributed by atoms with Crippen molar-refractivity contribution in [1.29, 1.82) is 0 Å². The number of alkyl carbamates (subject to hydrolysis) is 1. The molecule has 9 heteroatoms. The highest BCUT2D eigenvalue weighted by molar-refractivity contribution is 6.27. The molecular weight excluding hydrogens is 246 g/mol. The number of hydrazine groups is 1. The largest absolute Gasteiger partial charge is 0.473 e. The highest BCUT2D eigenvalue weighted by Gasteiger charge is 2.15. The van der Waals surface area contributed by atoms with Gasteiger partial charge in [0.2, 0.25) is 0 Å². The highest BCUT2D eigenvalue weighted by Crippen LogP contribution is 2.05. The van der Waals surface area contributed by atoms with Crippen molar-refractivity contribution in [3.63, 3.8) is 0 Å². The molecule has 1 amide bonds. The van der Waals surface area contributed by atoms with Crippen molar-refractivity contribution in [2.75, 3.05) is 13.1 Å². The third-order valence-corrected chi connectivity index (χ3v) is 1.12. The van der Waals surface area contributed by atoms with Gasteiger partial charge in [0, 0.05) is 13.1 Å². The van der Waals surface area contributed by atoms with Gasteiger partial charge >= 0.3 is 18.0 Å². The van der Waals surface area contributed by atoms with Gasteiger partial charge in [-0.1, -0.05) is 0 Å². The van der Waals surface area contributed by atoms with E-state index in [0.29, 0.717) is 13.1 Å². The first-order valence-electron chi connectivity index (χ1n) is 4.96. The molecule has 9 nitrogen and oxygen atoms in total. The summed E-state index contributed by atoms with van der Waals surface area (Å²) in [5.74, 6) is 1.35. The second kappa shape index (κ2) is 9.19. The van der Waals surface area contributed by atoms with Crippen molar-refractivity contribution in [2.45, 2.75) is 26.4 Å². The Kier molecular flexibility index (Phi) is 9.44. The predicted molar refractivity (Wildman–Crippen MR) is 61.7 cm³/mol. The molecular formula is C9H19N3O6. The zero-order valence-corrected chi connectivity index (χ0v) is 10.5. The number of nitrogens with one attached hydrogen (secondary N) is 2. The number of hydrogen-bond acceptors (Lipinski definition) is 6. The fourth-order valence-electron chi connectivity index (χ4n) is 0.551. The maximum Gasteiger partial charge on any atom is 0.414 e. The summed E-state index contributed by atoms with van der Waals surface area (Å²) >= 11 is 0. The number of hydrogen-bond donors (Lipinski definition) is 5. The normalized spacial score (nSPS) is 9.78. The van der Waals surface area contributed by atoms with Crippen molar-refractivity contribution >= 4 is 18.0 Å². The van der Waals surface area contributed by atoms with E-state index in [1.807, 2.05) is 20.8 Å². The highest BCUT2D eigenvalue weighted by atomic mass is 16.6. The third-order valence-electron chi connectivity index (χ3n) is 1.12. The summed E-state index contributed by atoms with van der Waals surface area (Å²) in [6.45, 7) is 6.43. The van der Waals surface area contributed by atoms with Gasteiger partial charge in [0.05, 0.1) is 0 Å². The average molecular weight is 265 g/mol. The summed E-state index contributed by atoms with van der Waals surface area (Å²) in [6, 6.07) is 0. The molecule has 0 heterocycles. The SMILES string of the molecule is CC(C)(C)OC(=O)NCCNN.O=C(O)C(=O)O. The van der Waals surface area contributed by atoms with Gasteiger partial charge in [-0.05, 0) is 20.8 Å². The number of rotatable bonds is 3. The van der Waals surface area contributed by atoms with E-state index in [4.69, 9.17) is 30.4 Å². The van der Waals surface area contributed by atoms with Crippen LogP contribution in [0.2, 0.25) is 0 Å². The average Bonchev–Trinajstić information content (AvgIpc) is 2.16. The van der Waals surface area contributed by atoms with Crippen LogP contribution in [0.15, 0.2) is 0 Å². The number of amides is 1. The van der Waals surface area contributed by atoms with Gasteiger partial charge < -0.3 is 20.3 Å². The molecule has 0 saturated carbocycles. The van der Waals surface area contributed by atoms with Crippen LogP contribution >= 0.6 is 0 Å². The molecule has 0 unspecified atom stereocenters. The smallest absolute Gasteiger partial charge is 0.414 e. The molecule has 0 fully saturated rings. The van der Waals surface area contributed by atoms with E-state index in [1.54, 1.807) is 0 Å². The van der Waals surface area contributed by atoms with Crippen LogP contribution in [-0.4, -0.2) is 46.9 Å². The third kappa shape index (κ3) is 16.6. The Labute approximate surface area is 104 Å². The lowest BCUT2D eigenvalue weighted by Crippen LogP contribution is -2.37. The summed E-state index contributed by atoms with van der Waals surface area (Å²) < 4.78 is 4.97. The quantitative estimate of drug-likeness (QED) is 0.191. The fourth-order valence-corrected chi connectivity index (χ4v) is 0.551. The minimum atomic E-state index is -1.82. The second-order valence-electron chi connectivity index (χ2n) is 3.99. The lowest BCUT2D eigenvalue weighted by atomic mass is 10.2.